The highest BCUT2D eigenvalue weighted by molar-refractivity contribution is 7.81. The van der Waals surface area contributed by atoms with E-state index in [9.17, 15) is 0 Å². The van der Waals surface area contributed by atoms with E-state index in [1.54, 1.807) is 0 Å². The van der Waals surface area contributed by atoms with Crippen LogP contribution in [0.2, 0.25) is 0 Å². The van der Waals surface area contributed by atoms with E-state index in [-0.39, 0.29) is 5.25 Å². The molecule has 156 valence electrons. The molecule has 0 spiro atoms. The number of aryl methyl sites for hydroxylation is 3. The van der Waals surface area contributed by atoms with E-state index in [1.807, 2.05) is 0 Å². The van der Waals surface area contributed by atoms with Gasteiger partial charge in [-0.3, -0.25) is 4.40 Å². The minimum Gasteiger partial charge on any atom is -0.292 e. The number of aromatic nitrogens is 2. The van der Waals surface area contributed by atoms with E-state index in [0.717, 1.165) is 11.3 Å². The fraction of sp³-hybridized carbons (Fsp3) is 0.250. The highest BCUT2D eigenvalue weighted by Gasteiger charge is 2.21. The molecule has 0 aliphatic carbocycles. The Morgan fingerprint density at radius 1 is 0.871 bits per heavy atom. The van der Waals surface area contributed by atoms with Crippen LogP contribution in [0.1, 0.15) is 42.0 Å². The van der Waals surface area contributed by atoms with Crippen molar-refractivity contribution < 1.29 is 0 Å². The average molecular weight is 425 g/mol. The molecule has 5 aromatic rings. The Kier molecular flexibility index (Phi) is 4.82. The first-order valence-electron chi connectivity index (χ1n) is 11.0. The molecule has 2 aromatic heterocycles. The molecule has 2 unspecified atom stereocenters. The molecule has 5 rings (SSSR count). The molecule has 0 bridgehead atoms. The molecule has 0 saturated heterocycles. The van der Waals surface area contributed by atoms with Crippen LogP contribution in [0.5, 0.6) is 0 Å². The summed E-state index contributed by atoms with van der Waals surface area (Å²) < 4.78 is 2.37. The number of imidazole rings is 1. The lowest BCUT2D eigenvalue weighted by Crippen LogP contribution is -2.07. The first-order chi connectivity index (χ1) is 14.9. The van der Waals surface area contributed by atoms with Crippen LogP contribution in [0.3, 0.4) is 0 Å². The van der Waals surface area contributed by atoms with E-state index < -0.39 is 0 Å². The van der Waals surface area contributed by atoms with Crippen molar-refractivity contribution >= 4 is 40.0 Å². The van der Waals surface area contributed by atoms with Crippen LogP contribution >= 0.6 is 12.6 Å². The molecule has 0 amide bonds. The van der Waals surface area contributed by atoms with Gasteiger partial charge in [0.2, 0.25) is 0 Å². The summed E-state index contributed by atoms with van der Waals surface area (Å²) in [7, 11) is 0. The van der Waals surface area contributed by atoms with E-state index in [4.69, 9.17) is 17.6 Å². The number of benzene rings is 3. The summed E-state index contributed by atoms with van der Waals surface area (Å²) in [6.45, 7) is 11.0. The van der Waals surface area contributed by atoms with Crippen molar-refractivity contribution in [3.8, 4) is 11.3 Å². The second-order valence-electron chi connectivity index (χ2n) is 8.89. The van der Waals surface area contributed by atoms with Crippen LogP contribution in [0.15, 0.2) is 60.8 Å². The van der Waals surface area contributed by atoms with E-state index in [2.05, 4.69) is 99.8 Å². The Morgan fingerprint density at radius 2 is 1.58 bits per heavy atom. The maximum absolute atomic E-state index is 5.02. The Hall–Kier alpha value is -2.78. The van der Waals surface area contributed by atoms with Crippen molar-refractivity contribution in [3.05, 3.63) is 83.0 Å². The molecule has 2 heterocycles. The summed E-state index contributed by atoms with van der Waals surface area (Å²) in [6.07, 6.45) is 2.05. The number of hydrogen-bond acceptors (Lipinski definition) is 2. The molecule has 0 aliphatic rings. The minimum absolute atomic E-state index is 0.256. The maximum atomic E-state index is 5.02. The van der Waals surface area contributed by atoms with Gasteiger partial charge in [0, 0.05) is 21.6 Å². The van der Waals surface area contributed by atoms with Gasteiger partial charge in [0.1, 0.15) is 5.65 Å². The van der Waals surface area contributed by atoms with Gasteiger partial charge in [0.05, 0.1) is 17.4 Å². The quantitative estimate of drug-likeness (QED) is 0.232. The van der Waals surface area contributed by atoms with Gasteiger partial charge in [0.15, 0.2) is 0 Å². The highest BCUT2D eigenvalue weighted by Crippen LogP contribution is 2.39. The second kappa shape index (κ2) is 7.42. The standard InChI is InChI=1S/C28H28N2S/c1-16-12-13-24-23(14-16)22-11-7-10-21(19(4)20(5)31)27(22)28-29-15-25(30(24)28)26-17(2)8-6-9-18(26)3/h6-15,19-20,31H,1-5H3. The van der Waals surface area contributed by atoms with Gasteiger partial charge in [-0.15, -0.1) is 0 Å². The summed E-state index contributed by atoms with van der Waals surface area (Å²) in [5.41, 5.74) is 9.77. The normalized spacial score (nSPS) is 13.9. The molecule has 3 heteroatoms. The Morgan fingerprint density at radius 3 is 2.29 bits per heavy atom. The van der Waals surface area contributed by atoms with Crippen molar-refractivity contribution in [2.24, 2.45) is 0 Å². The summed E-state index contributed by atoms with van der Waals surface area (Å²) in [6, 6.07) is 19.9. The van der Waals surface area contributed by atoms with Gasteiger partial charge in [-0.25, -0.2) is 4.98 Å². The fourth-order valence-corrected chi connectivity index (χ4v) is 5.07. The lowest BCUT2D eigenvalue weighted by molar-refractivity contribution is 0.762. The first-order valence-corrected chi connectivity index (χ1v) is 11.5. The molecule has 2 atom stereocenters. The fourth-order valence-electron chi connectivity index (χ4n) is 4.91. The van der Waals surface area contributed by atoms with E-state index >= 15 is 0 Å². The third-order valence-electron chi connectivity index (χ3n) is 6.72. The lowest BCUT2D eigenvalue weighted by Gasteiger charge is -2.20. The summed E-state index contributed by atoms with van der Waals surface area (Å²) in [5.74, 6) is 0.318. The van der Waals surface area contributed by atoms with Crippen LogP contribution < -0.4 is 0 Å². The third kappa shape index (κ3) is 3.06. The van der Waals surface area contributed by atoms with Gasteiger partial charge >= 0.3 is 0 Å². The lowest BCUT2D eigenvalue weighted by atomic mass is 9.91. The molecule has 0 N–H and O–H groups in total. The molecule has 0 fully saturated rings. The van der Waals surface area contributed by atoms with Gasteiger partial charge in [-0.05, 0) is 60.9 Å². The van der Waals surface area contributed by atoms with Crippen LogP contribution in [-0.2, 0) is 0 Å². The number of thiol groups is 1. The van der Waals surface area contributed by atoms with Crippen molar-refractivity contribution in [2.45, 2.75) is 45.8 Å². The van der Waals surface area contributed by atoms with Crippen molar-refractivity contribution in [2.75, 3.05) is 0 Å². The van der Waals surface area contributed by atoms with Crippen molar-refractivity contribution in [1.29, 1.82) is 0 Å². The zero-order chi connectivity index (χ0) is 21.9. The van der Waals surface area contributed by atoms with Crippen LogP contribution in [0.4, 0.5) is 0 Å². The summed E-state index contributed by atoms with van der Waals surface area (Å²) in [4.78, 5) is 5.02. The number of pyridine rings is 1. The zero-order valence-corrected chi connectivity index (χ0v) is 19.7. The SMILES string of the molecule is Cc1ccc2c(c1)c1cccc(C(C)C(C)S)c1c1ncc(-c3c(C)cccc3C)n21. The molecule has 2 nitrogen and oxygen atoms in total. The number of hydrogen-bond donors (Lipinski definition) is 1. The van der Waals surface area contributed by atoms with Crippen LogP contribution in [0, 0.1) is 20.8 Å². The van der Waals surface area contributed by atoms with Crippen LogP contribution in [-0.4, -0.2) is 14.6 Å². The first kappa shape index (κ1) is 20.1. The molecule has 0 saturated carbocycles. The smallest absolute Gasteiger partial charge is 0.145 e. The van der Waals surface area contributed by atoms with Gasteiger partial charge in [-0.2, -0.15) is 12.6 Å². The Balaban J connectivity index is 2.03. The predicted molar refractivity (Wildman–Crippen MR) is 137 cm³/mol. The van der Waals surface area contributed by atoms with Crippen molar-refractivity contribution in [3.63, 3.8) is 0 Å². The third-order valence-corrected chi connectivity index (χ3v) is 7.16. The van der Waals surface area contributed by atoms with Gasteiger partial charge in [-0.1, -0.05) is 61.9 Å². The monoisotopic (exact) mass is 424 g/mol. The van der Waals surface area contributed by atoms with E-state index in [1.165, 1.54) is 49.5 Å². The number of fused-ring (bicyclic) bond motifs is 6. The Labute approximate surface area is 189 Å². The van der Waals surface area contributed by atoms with Gasteiger partial charge in [0.25, 0.3) is 0 Å². The maximum Gasteiger partial charge on any atom is 0.145 e. The number of nitrogens with zero attached hydrogens (tertiary/aromatic N) is 2. The molecule has 0 aliphatic heterocycles. The van der Waals surface area contributed by atoms with Crippen LogP contribution in [0.25, 0.3) is 38.6 Å². The number of rotatable bonds is 3. The molecule has 3 aromatic carbocycles. The minimum atomic E-state index is 0.256. The zero-order valence-electron chi connectivity index (χ0n) is 18.8. The average Bonchev–Trinajstić information content (AvgIpc) is 3.17. The molecule has 31 heavy (non-hydrogen) atoms. The second-order valence-corrected chi connectivity index (χ2v) is 9.70. The highest BCUT2D eigenvalue weighted by atomic mass is 32.1. The molecular formula is C28H28N2S. The molecular weight excluding hydrogens is 396 g/mol. The van der Waals surface area contributed by atoms with Gasteiger partial charge < -0.3 is 0 Å². The Bertz CT molecular complexity index is 1440. The predicted octanol–water partition coefficient (Wildman–Crippen LogP) is 7.65. The largest absolute Gasteiger partial charge is 0.292 e. The summed E-state index contributed by atoms with van der Waals surface area (Å²) in [5, 5.41) is 4.04. The van der Waals surface area contributed by atoms with Crippen molar-refractivity contribution in [1.82, 2.24) is 9.38 Å². The summed E-state index contributed by atoms with van der Waals surface area (Å²) >= 11 is 4.78. The molecule has 0 radical (unpaired) electrons. The van der Waals surface area contributed by atoms with E-state index in [0.29, 0.717) is 5.92 Å². The topological polar surface area (TPSA) is 17.3 Å².